The van der Waals surface area contributed by atoms with Gasteiger partial charge in [0.15, 0.2) is 0 Å². The number of nitrogens with one attached hydrogen (secondary N) is 2. The largest absolute Gasteiger partial charge is 0.356 e. The van der Waals surface area contributed by atoms with Crippen molar-refractivity contribution in [2.75, 3.05) is 19.6 Å². The average Bonchev–Trinajstić information content (AvgIpc) is 2.98. The number of hydrogen-bond acceptors (Lipinski definition) is 2. The summed E-state index contributed by atoms with van der Waals surface area (Å²) in [6, 6.07) is 0. The predicted molar refractivity (Wildman–Crippen MR) is 60.4 cm³/mol. The summed E-state index contributed by atoms with van der Waals surface area (Å²) in [6.07, 6.45) is 2.72. The Balaban J connectivity index is 1.71. The molecule has 15 heavy (non-hydrogen) atoms. The van der Waals surface area contributed by atoms with Gasteiger partial charge in [0.1, 0.15) is 0 Å². The van der Waals surface area contributed by atoms with Gasteiger partial charge in [0, 0.05) is 13.1 Å². The van der Waals surface area contributed by atoms with Crippen molar-refractivity contribution in [2.24, 2.45) is 23.7 Å². The average molecular weight is 210 g/mol. The molecule has 2 N–H and O–H groups in total. The Bertz CT molecular complexity index is 238. The van der Waals surface area contributed by atoms with Crippen molar-refractivity contribution < 1.29 is 4.79 Å². The van der Waals surface area contributed by atoms with Crippen LogP contribution in [0, 0.1) is 23.7 Å². The van der Waals surface area contributed by atoms with E-state index in [2.05, 4.69) is 24.5 Å². The SMILES string of the molecule is CC(CNC(=O)C1CNCC1C)C1CC1. The summed E-state index contributed by atoms with van der Waals surface area (Å²) in [4.78, 5) is 11.9. The molecule has 86 valence electrons. The van der Waals surface area contributed by atoms with Crippen molar-refractivity contribution in [1.82, 2.24) is 10.6 Å². The molecule has 1 saturated heterocycles. The van der Waals surface area contributed by atoms with Gasteiger partial charge in [-0.15, -0.1) is 0 Å². The van der Waals surface area contributed by atoms with Crippen LogP contribution in [0.1, 0.15) is 26.7 Å². The Hall–Kier alpha value is -0.570. The monoisotopic (exact) mass is 210 g/mol. The lowest BCUT2D eigenvalue weighted by Gasteiger charge is -2.16. The second kappa shape index (κ2) is 4.52. The van der Waals surface area contributed by atoms with Crippen molar-refractivity contribution in [3.63, 3.8) is 0 Å². The lowest BCUT2D eigenvalue weighted by molar-refractivity contribution is -0.125. The number of carbonyl (C=O) groups is 1. The fraction of sp³-hybridized carbons (Fsp3) is 0.917. The molecule has 1 aliphatic heterocycles. The Morgan fingerprint density at radius 2 is 2.20 bits per heavy atom. The number of carbonyl (C=O) groups excluding carboxylic acids is 1. The van der Waals surface area contributed by atoms with Crippen LogP contribution in [0.25, 0.3) is 0 Å². The molecule has 1 saturated carbocycles. The van der Waals surface area contributed by atoms with Gasteiger partial charge in [-0.2, -0.15) is 0 Å². The maximum atomic E-state index is 11.9. The summed E-state index contributed by atoms with van der Waals surface area (Å²) in [5, 5.41) is 6.36. The van der Waals surface area contributed by atoms with Crippen LogP contribution >= 0.6 is 0 Å². The van der Waals surface area contributed by atoms with Crippen LogP contribution in [0.4, 0.5) is 0 Å². The van der Waals surface area contributed by atoms with Crippen molar-refractivity contribution in [3.8, 4) is 0 Å². The van der Waals surface area contributed by atoms with E-state index in [1.165, 1.54) is 12.8 Å². The lowest BCUT2D eigenvalue weighted by atomic mass is 9.97. The standard InChI is InChI=1S/C12H22N2O/c1-8(10-3-4-10)6-14-12(15)11-7-13-5-9(11)2/h8-11,13H,3-7H2,1-2H3,(H,14,15). The Morgan fingerprint density at radius 1 is 1.47 bits per heavy atom. The first kappa shape index (κ1) is 10.9. The van der Waals surface area contributed by atoms with Crippen LogP contribution in [0.3, 0.4) is 0 Å². The molecule has 3 atom stereocenters. The molecule has 0 aromatic rings. The van der Waals surface area contributed by atoms with E-state index in [0.29, 0.717) is 11.8 Å². The summed E-state index contributed by atoms with van der Waals surface area (Å²) in [5.74, 6) is 2.47. The maximum absolute atomic E-state index is 11.9. The van der Waals surface area contributed by atoms with Gasteiger partial charge in [-0.3, -0.25) is 4.79 Å². The third-order valence-electron chi connectivity index (χ3n) is 3.88. The molecular weight excluding hydrogens is 188 g/mol. The molecule has 2 rings (SSSR count). The molecule has 3 unspecified atom stereocenters. The molecule has 3 heteroatoms. The Kier molecular flexibility index (Phi) is 3.29. The molecule has 1 amide bonds. The Labute approximate surface area is 92.0 Å². The topological polar surface area (TPSA) is 41.1 Å². The van der Waals surface area contributed by atoms with Gasteiger partial charge in [0.25, 0.3) is 0 Å². The highest BCUT2D eigenvalue weighted by atomic mass is 16.1. The van der Waals surface area contributed by atoms with Gasteiger partial charge < -0.3 is 10.6 Å². The van der Waals surface area contributed by atoms with Gasteiger partial charge in [-0.25, -0.2) is 0 Å². The highest BCUT2D eigenvalue weighted by molar-refractivity contribution is 5.79. The van der Waals surface area contributed by atoms with Crippen LogP contribution in [-0.2, 0) is 4.79 Å². The number of hydrogen-bond donors (Lipinski definition) is 2. The molecule has 0 aromatic heterocycles. The molecule has 1 heterocycles. The molecule has 3 nitrogen and oxygen atoms in total. The van der Waals surface area contributed by atoms with Crippen molar-refractivity contribution in [1.29, 1.82) is 0 Å². The number of amides is 1. The van der Waals surface area contributed by atoms with Crippen LogP contribution in [0.5, 0.6) is 0 Å². The van der Waals surface area contributed by atoms with Gasteiger partial charge in [0.05, 0.1) is 5.92 Å². The van der Waals surface area contributed by atoms with Gasteiger partial charge >= 0.3 is 0 Å². The van der Waals surface area contributed by atoms with E-state index in [0.717, 1.165) is 25.6 Å². The highest BCUT2D eigenvalue weighted by Crippen LogP contribution is 2.36. The molecule has 0 bridgehead atoms. The number of rotatable bonds is 4. The van der Waals surface area contributed by atoms with Crippen molar-refractivity contribution in [3.05, 3.63) is 0 Å². The molecule has 0 aromatic carbocycles. The van der Waals surface area contributed by atoms with Crippen LogP contribution in [-0.4, -0.2) is 25.5 Å². The molecule has 2 aliphatic rings. The lowest BCUT2D eigenvalue weighted by Crippen LogP contribution is -2.37. The zero-order chi connectivity index (χ0) is 10.8. The maximum Gasteiger partial charge on any atom is 0.224 e. The summed E-state index contributed by atoms with van der Waals surface area (Å²) < 4.78 is 0. The first-order valence-corrected chi connectivity index (χ1v) is 6.17. The second-order valence-corrected chi connectivity index (χ2v) is 5.30. The summed E-state index contributed by atoms with van der Waals surface area (Å²) in [6.45, 7) is 7.09. The minimum atomic E-state index is 0.191. The minimum Gasteiger partial charge on any atom is -0.356 e. The van der Waals surface area contributed by atoms with E-state index >= 15 is 0 Å². The van der Waals surface area contributed by atoms with E-state index in [1.807, 2.05) is 0 Å². The fourth-order valence-electron chi connectivity index (χ4n) is 2.39. The van der Waals surface area contributed by atoms with E-state index in [1.54, 1.807) is 0 Å². The third kappa shape index (κ3) is 2.71. The summed E-state index contributed by atoms with van der Waals surface area (Å²) in [5.41, 5.74) is 0. The smallest absolute Gasteiger partial charge is 0.224 e. The van der Waals surface area contributed by atoms with E-state index in [9.17, 15) is 4.79 Å². The van der Waals surface area contributed by atoms with Crippen LogP contribution in [0.15, 0.2) is 0 Å². The second-order valence-electron chi connectivity index (χ2n) is 5.30. The zero-order valence-electron chi connectivity index (χ0n) is 9.75. The highest BCUT2D eigenvalue weighted by Gasteiger charge is 2.31. The summed E-state index contributed by atoms with van der Waals surface area (Å²) in [7, 11) is 0. The van der Waals surface area contributed by atoms with E-state index < -0.39 is 0 Å². The van der Waals surface area contributed by atoms with Gasteiger partial charge in [-0.05, 0) is 37.1 Å². The quantitative estimate of drug-likeness (QED) is 0.727. The van der Waals surface area contributed by atoms with Crippen molar-refractivity contribution >= 4 is 5.91 Å². The van der Waals surface area contributed by atoms with Crippen LogP contribution in [0.2, 0.25) is 0 Å². The van der Waals surface area contributed by atoms with Gasteiger partial charge in [0.2, 0.25) is 5.91 Å². The first-order valence-electron chi connectivity index (χ1n) is 6.17. The third-order valence-corrected chi connectivity index (χ3v) is 3.88. The van der Waals surface area contributed by atoms with Gasteiger partial charge in [-0.1, -0.05) is 13.8 Å². The summed E-state index contributed by atoms with van der Waals surface area (Å²) >= 11 is 0. The fourth-order valence-corrected chi connectivity index (χ4v) is 2.39. The molecule has 2 fully saturated rings. The minimum absolute atomic E-state index is 0.191. The van der Waals surface area contributed by atoms with Crippen molar-refractivity contribution in [2.45, 2.75) is 26.7 Å². The molecule has 1 aliphatic carbocycles. The van der Waals surface area contributed by atoms with E-state index in [4.69, 9.17) is 0 Å². The normalized spacial score (nSPS) is 32.7. The first-order chi connectivity index (χ1) is 7.18. The zero-order valence-corrected chi connectivity index (χ0v) is 9.75. The molecule has 0 spiro atoms. The molecular formula is C12H22N2O. The van der Waals surface area contributed by atoms with E-state index in [-0.39, 0.29) is 11.8 Å². The molecule has 0 radical (unpaired) electrons. The Morgan fingerprint density at radius 3 is 2.73 bits per heavy atom. The predicted octanol–water partition coefficient (Wildman–Crippen LogP) is 1.00. The van der Waals surface area contributed by atoms with Crippen LogP contribution < -0.4 is 10.6 Å².